The van der Waals surface area contributed by atoms with Crippen LogP contribution in [0, 0.1) is 0 Å². The molecule has 1 heterocycles. The van der Waals surface area contributed by atoms with Gasteiger partial charge in [0.1, 0.15) is 11.8 Å². The molecule has 0 radical (unpaired) electrons. The number of nitrogens with one attached hydrogen (secondary N) is 2. The first-order valence-electron chi connectivity index (χ1n) is 7.40. The van der Waals surface area contributed by atoms with Gasteiger partial charge in [-0.1, -0.05) is 12.1 Å². The number of rotatable bonds is 7. The summed E-state index contributed by atoms with van der Waals surface area (Å²) < 4.78 is 5.43. The number of carbonyl (C=O) groups is 3. The lowest BCUT2D eigenvalue weighted by Crippen LogP contribution is -2.37. The molecule has 0 saturated carbocycles. The summed E-state index contributed by atoms with van der Waals surface area (Å²) in [5.74, 6) is -0.823. The topological polar surface area (TPSA) is 105 Å². The molecule has 0 aromatic heterocycles. The summed E-state index contributed by atoms with van der Waals surface area (Å²) in [5, 5.41) is 13.8. The minimum Gasteiger partial charge on any atom is -0.478 e. The summed E-state index contributed by atoms with van der Waals surface area (Å²) in [6, 6.07) is 6.28. The molecule has 124 valence electrons. The first kappa shape index (κ1) is 16.8. The van der Waals surface area contributed by atoms with Crippen LogP contribution < -0.4 is 15.4 Å². The van der Waals surface area contributed by atoms with Gasteiger partial charge in [-0.3, -0.25) is 10.1 Å². The number of imide groups is 1. The molecule has 2 rings (SSSR count). The van der Waals surface area contributed by atoms with Crippen molar-refractivity contribution in [2.45, 2.75) is 44.8 Å². The average Bonchev–Trinajstić information content (AvgIpc) is 2.78. The molecule has 0 bridgehead atoms. The lowest BCUT2D eigenvalue weighted by atomic mass is 10.0. The van der Waals surface area contributed by atoms with Gasteiger partial charge >= 0.3 is 12.0 Å². The van der Waals surface area contributed by atoms with Gasteiger partial charge in [0.05, 0.1) is 0 Å². The minimum atomic E-state index is -1.28. The third kappa shape index (κ3) is 4.45. The number of carboxylic acid groups (broad SMARTS) is 1. The van der Waals surface area contributed by atoms with Gasteiger partial charge in [-0.05, 0) is 50.8 Å². The molecule has 1 aliphatic heterocycles. The molecule has 0 aliphatic carbocycles. The van der Waals surface area contributed by atoms with E-state index in [1.54, 1.807) is 12.1 Å². The quantitative estimate of drug-likeness (QED) is 0.660. The largest absolute Gasteiger partial charge is 0.478 e. The molecule has 23 heavy (non-hydrogen) atoms. The number of benzene rings is 1. The molecule has 1 atom stereocenters. The van der Waals surface area contributed by atoms with Crippen LogP contribution >= 0.6 is 0 Å². The van der Waals surface area contributed by atoms with Crippen LogP contribution in [0.5, 0.6) is 5.75 Å². The van der Waals surface area contributed by atoms with Crippen molar-refractivity contribution in [3.05, 3.63) is 29.8 Å². The van der Waals surface area contributed by atoms with Gasteiger partial charge < -0.3 is 15.2 Å². The van der Waals surface area contributed by atoms with E-state index in [0.717, 1.165) is 18.4 Å². The van der Waals surface area contributed by atoms with E-state index in [-0.39, 0.29) is 5.91 Å². The van der Waals surface area contributed by atoms with Crippen LogP contribution in [0.3, 0.4) is 0 Å². The molecule has 0 spiro atoms. The zero-order valence-corrected chi connectivity index (χ0v) is 13.1. The zero-order chi connectivity index (χ0) is 17.0. The van der Waals surface area contributed by atoms with Crippen LogP contribution in [0.1, 0.15) is 32.3 Å². The second-order valence-corrected chi connectivity index (χ2v) is 5.97. The van der Waals surface area contributed by atoms with Crippen LogP contribution in [0.15, 0.2) is 24.3 Å². The summed E-state index contributed by atoms with van der Waals surface area (Å²) in [6.45, 7) is 2.98. The van der Waals surface area contributed by atoms with Crippen molar-refractivity contribution in [2.75, 3.05) is 0 Å². The van der Waals surface area contributed by atoms with Gasteiger partial charge in [0.25, 0.3) is 5.91 Å². The maximum absolute atomic E-state index is 11.4. The number of carboxylic acids is 1. The third-order valence-corrected chi connectivity index (χ3v) is 3.63. The summed E-state index contributed by atoms with van der Waals surface area (Å²) in [6.07, 6.45) is 2.07. The Morgan fingerprint density at radius 3 is 2.43 bits per heavy atom. The summed E-state index contributed by atoms with van der Waals surface area (Å²) in [7, 11) is 0. The molecule has 1 saturated heterocycles. The smallest absolute Gasteiger partial charge is 0.347 e. The summed E-state index contributed by atoms with van der Waals surface area (Å²) >= 11 is 0. The predicted molar refractivity (Wildman–Crippen MR) is 82.2 cm³/mol. The fraction of sp³-hybridized carbons (Fsp3) is 0.438. The third-order valence-electron chi connectivity index (χ3n) is 3.63. The number of hydrogen-bond acceptors (Lipinski definition) is 4. The highest BCUT2D eigenvalue weighted by Crippen LogP contribution is 2.20. The van der Waals surface area contributed by atoms with Gasteiger partial charge in [0.15, 0.2) is 5.60 Å². The van der Waals surface area contributed by atoms with Crippen molar-refractivity contribution in [1.29, 1.82) is 0 Å². The van der Waals surface area contributed by atoms with Crippen LogP contribution in [-0.4, -0.2) is 34.7 Å². The number of amides is 3. The van der Waals surface area contributed by atoms with E-state index >= 15 is 0 Å². The average molecular weight is 320 g/mol. The van der Waals surface area contributed by atoms with E-state index in [1.165, 1.54) is 13.8 Å². The molecule has 1 fully saturated rings. The van der Waals surface area contributed by atoms with Crippen molar-refractivity contribution >= 4 is 17.9 Å². The van der Waals surface area contributed by atoms with Crippen LogP contribution in [0.2, 0.25) is 0 Å². The molecule has 1 aromatic rings. The number of carbonyl (C=O) groups excluding carboxylic acids is 2. The van der Waals surface area contributed by atoms with Crippen molar-refractivity contribution < 1.29 is 24.2 Å². The molecule has 7 heteroatoms. The highest BCUT2D eigenvalue weighted by Gasteiger charge is 2.29. The second-order valence-electron chi connectivity index (χ2n) is 5.97. The Morgan fingerprint density at radius 2 is 1.91 bits per heavy atom. The number of hydrogen-bond donors (Lipinski definition) is 3. The van der Waals surface area contributed by atoms with E-state index in [9.17, 15) is 14.4 Å². The van der Waals surface area contributed by atoms with E-state index < -0.39 is 23.6 Å². The molecular formula is C16H20N2O5. The zero-order valence-electron chi connectivity index (χ0n) is 13.1. The SMILES string of the molecule is CC(C)(Oc1ccc(CCCC2NC(=O)NC2=O)cc1)C(=O)O. The Kier molecular flexibility index (Phi) is 4.88. The van der Waals surface area contributed by atoms with Gasteiger partial charge in [0.2, 0.25) is 0 Å². The maximum atomic E-state index is 11.4. The molecule has 3 amide bonds. The first-order valence-corrected chi connectivity index (χ1v) is 7.40. The van der Waals surface area contributed by atoms with Gasteiger partial charge in [-0.2, -0.15) is 0 Å². The maximum Gasteiger partial charge on any atom is 0.347 e. The Bertz CT molecular complexity index is 609. The number of aliphatic carboxylic acids is 1. The standard InChI is InChI=1S/C16H20N2O5/c1-16(2,14(20)21)23-11-8-6-10(7-9-11)4-3-5-12-13(19)18-15(22)17-12/h6-9,12H,3-5H2,1-2H3,(H,20,21)(H2,17,18,19,22). The van der Waals surface area contributed by atoms with Crippen molar-refractivity contribution in [3.63, 3.8) is 0 Å². The van der Waals surface area contributed by atoms with Crippen molar-refractivity contribution in [2.24, 2.45) is 0 Å². The predicted octanol–water partition coefficient (Wildman–Crippen LogP) is 1.46. The number of ether oxygens (including phenoxy) is 1. The first-order chi connectivity index (χ1) is 10.8. The number of urea groups is 1. The lowest BCUT2D eigenvalue weighted by molar-refractivity contribution is -0.152. The fourth-order valence-electron chi connectivity index (χ4n) is 2.23. The Hall–Kier alpha value is -2.57. The van der Waals surface area contributed by atoms with E-state index in [4.69, 9.17) is 9.84 Å². The monoisotopic (exact) mass is 320 g/mol. The minimum absolute atomic E-state index is 0.283. The van der Waals surface area contributed by atoms with Crippen LogP contribution in [-0.2, 0) is 16.0 Å². The Morgan fingerprint density at radius 1 is 1.26 bits per heavy atom. The molecular weight excluding hydrogens is 300 g/mol. The molecule has 3 N–H and O–H groups in total. The van der Waals surface area contributed by atoms with Crippen molar-refractivity contribution in [3.8, 4) is 5.75 Å². The Labute approximate surface area is 134 Å². The van der Waals surface area contributed by atoms with Gasteiger partial charge in [-0.25, -0.2) is 9.59 Å². The van der Waals surface area contributed by atoms with Crippen LogP contribution in [0.4, 0.5) is 4.79 Å². The van der Waals surface area contributed by atoms with E-state index in [0.29, 0.717) is 12.2 Å². The second kappa shape index (κ2) is 6.68. The Balaban J connectivity index is 1.82. The molecule has 1 unspecified atom stereocenters. The van der Waals surface area contributed by atoms with Gasteiger partial charge in [-0.15, -0.1) is 0 Å². The normalized spacial score (nSPS) is 17.6. The number of aryl methyl sites for hydroxylation is 1. The lowest BCUT2D eigenvalue weighted by Gasteiger charge is -2.21. The highest BCUT2D eigenvalue weighted by molar-refractivity contribution is 6.04. The fourth-order valence-corrected chi connectivity index (χ4v) is 2.23. The molecule has 7 nitrogen and oxygen atoms in total. The van der Waals surface area contributed by atoms with E-state index in [1.807, 2.05) is 12.1 Å². The molecule has 1 aliphatic rings. The van der Waals surface area contributed by atoms with Crippen molar-refractivity contribution in [1.82, 2.24) is 10.6 Å². The van der Waals surface area contributed by atoms with Gasteiger partial charge in [0, 0.05) is 0 Å². The summed E-state index contributed by atoms with van der Waals surface area (Å²) in [4.78, 5) is 33.4. The van der Waals surface area contributed by atoms with E-state index in [2.05, 4.69) is 10.6 Å². The highest BCUT2D eigenvalue weighted by atomic mass is 16.5. The molecule has 1 aromatic carbocycles. The summed E-state index contributed by atoms with van der Waals surface area (Å²) in [5.41, 5.74) is -0.231. The van der Waals surface area contributed by atoms with Crippen LogP contribution in [0.25, 0.3) is 0 Å².